The first-order chi connectivity index (χ1) is 9.41. The van der Waals surface area contributed by atoms with Crippen LogP contribution in [0.15, 0.2) is 30.3 Å². The molecule has 0 aliphatic rings. The molecule has 0 spiro atoms. The molecule has 20 heavy (non-hydrogen) atoms. The molecule has 0 radical (unpaired) electrons. The normalized spacial score (nSPS) is 10.7. The number of hydrogen-bond donors (Lipinski definition) is 0. The predicted molar refractivity (Wildman–Crippen MR) is 85.7 cm³/mol. The molecule has 0 saturated carbocycles. The molecule has 0 aromatic heterocycles. The summed E-state index contributed by atoms with van der Waals surface area (Å²) in [7, 11) is 0. The Kier molecular flexibility index (Phi) is 4.98. The molecular formula is C15H10Cl4O. The van der Waals surface area contributed by atoms with Crippen LogP contribution < -0.4 is 0 Å². The van der Waals surface area contributed by atoms with Crippen LogP contribution in [0.4, 0.5) is 0 Å². The van der Waals surface area contributed by atoms with Crippen molar-refractivity contribution in [3.05, 3.63) is 67.1 Å². The maximum Gasteiger partial charge on any atom is 0.170 e. The molecule has 0 saturated heterocycles. The van der Waals surface area contributed by atoms with Crippen LogP contribution in [0.2, 0.25) is 20.1 Å². The van der Waals surface area contributed by atoms with Crippen LogP contribution in [0.5, 0.6) is 0 Å². The van der Waals surface area contributed by atoms with Gasteiger partial charge in [-0.25, -0.2) is 0 Å². The van der Waals surface area contributed by atoms with Gasteiger partial charge in [-0.05, 0) is 24.1 Å². The molecule has 0 N–H and O–H groups in total. The van der Waals surface area contributed by atoms with Crippen molar-refractivity contribution >= 4 is 52.2 Å². The molecule has 0 amide bonds. The van der Waals surface area contributed by atoms with Gasteiger partial charge in [-0.1, -0.05) is 70.7 Å². The summed E-state index contributed by atoms with van der Waals surface area (Å²) >= 11 is 24.0. The molecule has 2 aromatic rings. The van der Waals surface area contributed by atoms with Crippen molar-refractivity contribution in [2.24, 2.45) is 0 Å². The van der Waals surface area contributed by atoms with Gasteiger partial charge < -0.3 is 0 Å². The lowest BCUT2D eigenvalue weighted by molar-refractivity contribution is 0.0993. The minimum atomic E-state index is -0.187. The van der Waals surface area contributed by atoms with Crippen molar-refractivity contribution in [3.8, 4) is 0 Å². The Bertz CT molecular complexity index is 680. The quantitative estimate of drug-likeness (QED) is 0.376. The van der Waals surface area contributed by atoms with E-state index in [-0.39, 0.29) is 37.9 Å². The highest BCUT2D eigenvalue weighted by Crippen LogP contribution is 2.38. The molecule has 2 rings (SSSR count). The van der Waals surface area contributed by atoms with E-state index in [1.807, 2.05) is 31.2 Å². The summed E-state index contributed by atoms with van der Waals surface area (Å²) in [5, 5.41) is 0.686. The molecule has 0 atom stereocenters. The Hall–Kier alpha value is -0.730. The molecule has 0 bridgehead atoms. The van der Waals surface area contributed by atoms with E-state index in [2.05, 4.69) is 0 Å². The number of benzene rings is 2. The molecule has 0 aliphatic carbocycles. The van der Waals surface area contributed by atoms with Gasteiger partial charge in [0.2, 0.25) is 0 Å². The van der Waals surface area contributed by atoms with Gasteiger partial charge in [0.05, 0.1) is 25.7 Å². The van der Waals surface area contributed by atoms with E-state index in [9.17, 15) is 4.79 Å². The standard InChI is InChI=1S/C15H10Cl4O/c1-8-4-2-3-5-9(8)6-12(20)13-10(16)7-11(17)14(18)15(13)19/h2-5,7H,6H2,1H3. The lowest BCUT2D eigenvalue weighted by Crippen LogP contribution is -2.07. The van der Waals surface area contributed by atoms with Crippen molar-refractivity contribution in [1.82, 2.24) is 0 Å². The predicted octanol–water partition coefficient (Wildman–Crippen LogP) is 6.03. The summed E-state index contributed by atoms with van der Waals surface area (Å²) in [6.45, 7) is 1.95. The molecule has 0 unspecified atom stereocenters. The van der Waals surface area contributed by atoms with Gasteiger partial charge in [0.1, 0.15) is 0 Å². The Morgan fingerprint density at radius 1 is 1.00 bits per heavy atom. The van der Waals surface area contributed by atoms with Crippen LogP contribution in [0.1, 0.15) is 21.5 Å². The number of hydrogen-bond acceptors (Lipinski definition) is 1. The van der Waals surface area contributed by atoms with Gasteiger partial charge in [0.15, 0.2) is 5.78 Å². The number of carbonyl (C=O) groups is 1. The Morgan fingerprint density at radius 3 is 2.30 bits per heavy atom. The number of Topliss-reactive ketones (excluding diaryl/α,β-unsaturated/α-hetero) is 1. The number of rotatable bonds is 3. The van der Waals surface area contributed by atoms with E-state index in [0.717, 1.165) is 11.1 Å². The van der Waals surface area contributed by atoms with E-state index in [4.69, 9.17) is 46.4 Å². The second-order valence-corrected chi connectivity index (χ2v) is 5.94. The summed E-state index contributed by atoms with van der Waals surface area (Å²) in [6.07, 6.45) is 0.212. The molecule has 0 heterocycles. The lowest BCUT2D eigenvalue weighted by atomic mass is 9.99. The van der Waals surface area contributed by atoms with Crippen LogP contribution in [-0.2, 0) is 6.42 Å². The zero-order valence-corrected chi connectivity index (χ0v) is 13.5. The molecule has 0 fully saturated rings. The number of aryl methyl sites for hydroxylation is 1. The minimum absolute atomic E-state index is 0.0998. The van der Waals surface area contributed by atoms with Crippen LogP contribution in [-0.4, -0.2) is 5.78 Å². The topological polar surface area (TPSA) is 17.1 Å². The number of carbonyl (C=O) groups excluding carboxylic acids is 1. The third-order valence-electron chi connectivity index (χ3n) is 3.01. The van der Waals surface area contributed by atoms with Crippen molar-refractivity contribution in [1.29, 1.82) is 0 Å². The first-order valence-electron chi connectivity index (χ1n) is 5.82. The molecule has 0 aliphatic heterocycles. The zero-order chi connectivity index (χ0) is 14.9. The fraction of sp³-hybridized carbons (Fsp3) is 0.133. The minimum Gasteiger partial charge on any atom is -0.294 e. The maximum atomic E-state index is 12.4. The monoisotopic (exact) mass is 346 g/mol. The van der Waals surface area contributed by atoms with Gasteiger partial charge in [-0.2, -0.15) is 0 Å². The third-order valence-corrected chi connectivity index (χ3v) is 4.57. The Labute approximate surface area is 137 Å². The van der Waals surface area contributed by atoms with Crippen molar-refractivity contribution < 1.29 is 4.79 Å². The number of ketones is 1. The van der Waals surface area contributed by atoms with E-state index in [1.54, 1.807) is 0 Å². The average molecular weight is 348 g/mol. The van der Waals surface area contributed by atoms with Gasteiger partial charge >= 0.3 is 0 Å². The highest BCUT2D eigenvalue weighted by molar-refractivity contribution is 6.51. The molecule has 2 aromatic carbocycles. The zero-order valence-electron chi connectivity index (χ0n) is 10.5. The van der Waals surface area contributed by atoms with E-state index >= 15 is 0 Å². The Balaban J connectivity index is 2.40. The van der Waals surface area contributed by atoms with Crippen LogP contribution in [0.3, 0.4) is 0 Å². The summed E-state index contributed by atoms with van der Waals surface area (Å²) in [5.74, 6) is -0.187. The van der Waals surface area contributed by atoms with Crippen molar-refractivity contribution in [3.63, 3.8) is 0 Å². The smallest absolute Gasteiger partial charge is 0.170 e. The molecule has 1 nitrogen and oxygen atoms in total. The highest BCUT2D eigenvalue weighted by atomic mass is 35.5. The van der Waals surface area contributed by atoms with Gasteiger partial charge in [0.25, 0.3) is 0 Å². The van der Waals surface area contributed by atoms with Gasteiger partial charge in [-0.15, -0.1) is 0 Å². The third kappa shape index (κ3) is 3.12. The fourth-order valence-corrected chi connectivity index (χ4v) is 3.01. The fourth-order valence-electron chi connectivity index (χ4n) is 1.89. The van der Waals surface area contributed by atoms with Crippen molar-refractivity contribution in [2.45, 2.75) is 13.3 Å². The molecule has 5 heteroatoms. The maximum absolute atomic E-state index is 12.4. The number of halogens is 4. The molecule has 104 valence electrons. The lowest BCUT2D eigenvalue weighted by Gasteiger charge is -2.10. The largest absolute Gasteiger partial charge is 0.294 e. The van der Waals surface area contributed by atoms with E-state index < -0.39 is 0 Å². The summed E-state index contributed by atoms with van der Waals surface area (Å²) in [5.41, 5.74) is 2.18. The second kappa shape index (κ2) is 6.36. The molecular weight excluding hydrogens is 338 g/mol. The second-order valence-electron chi connectivity index (χ2n) is 4.37. The van der Waals surface area contributed by atoms with E-state index in [1.165, 1.54) is 6.07 Å². The van der Waals surface area contributed by atoms with Crippen LogP contribution >= 0.6 is 46.4 Å². The van der Waals surface area contributed by atoms with Crippen LogP contribution in [0, 0.1) is 6.92 Å². The summed E-state index contributed by atoms with van der Waals surface area (Å²) in [4.78, 5) is 12.4. The SMILES string of the molecule is Cc1ccccc1CC(=O)c1c(Cl)cc(Cl)c(Cl)c1Cl. The Morgan fingerprint density at radius 2 is 1.65 bits per heavy atom. The summed E-state index contributed by atoms with van der Waals surface area (Å²) < 4.78 is 0. The van der Waals surface area contributed by atoms with E-state index in [0.29, 0.717) is 0 Å². The average Bonchev–Trinajstić information content (AvgIpc) is 2.39. The van der Waals surface area contributed by atoms with Crippen molar-refractivity contribution in [2.75, 3.05) is 0 Å². The van der Waals surface area contributed by atoms with Crippen LogP contribution in [0.25, 0.3) is 0 Å². The van der Waals surface area contributed by atoms with Gasteiger partial charge in [0, 0.05) is 6.42 Å². The first-order valence-corrected chi connectivity index (χ1v) is 7.33. The first kappa shape index (κ1) is 15.7. The summed E-state index contributed by atoms with van der Waals surface area (Å²) in [6, 6.07) is 9.08. The highest BCUT2D eigenvalue weighted by Gasteiger charge is 2.20. The van der Waals surface area contributed by atoms with Gasteiger partial charge in [-0.3, -0.25) is 4.79 Å².